The Morgan fingerprint density at radius 3 is 1.12 bits per heavy atom. The number of rotatable bonds is 4. The van der Waals surface area contributed by atoms with Gasteiger partial charge in [-0.1, -0.05) is 0 Å². The van der Waals surface area contributed by atoms with E-state index in [-0.39, 0.29) is 0 Å². The third-order valence-corrected chi connectivity index (χ3v) is 13.8. The van der Waals surface area contributed by atoms with Crippen LogP contribution in [0.15, 0.2) is 168 Å². The van der Waals surface area contributed by atoms with Crippen LogP contribution in [0.1, 0.15) is 33.6 Å². The fourth-order valence-corrected chi connectivity index (χ4v) is 11.7. The number of fused-ring (bicyclic) bond motifs is 2. The topological polar surface area (TPSA) is 86.1 Å². The summed E-state index contributed by atoms with van der Waals surface area (Å²) in [6.07, 6.45) is 23.5. The molecule has 0 aliphatic carbocycles. The fraction of sp³-hybridized carbons (Fsp3) is 0. The number of aromatic nitrogens is 6. The summed E-state index contributed by atoms with van der Waals surface area (Å²) in [4.78, 5) is 28.2. The van der Waals surface area contributed by atoms with Gasteiger partial charge >= 0.3 is 295 Å². The minimum atomic E-state index is -1.91. The van der Waals surface area contributed by atoms with Crippen LogP contribution in [0.2, 0.25) is 0 Å². The van der Waals surface area contributed by atoms with Crippen molar-refractivity contribution in [3.63, 3.8) is 0 Å². The molecule has 49 heavy (non-hydrogen) atoms. The summed E-state index contributed by atoms with van der Waals surface area (Å²) in [5.74, 6) is 0. The van der Waals surface area contributed by atoms with Crippen LogP contribution in [0.25, 0.3) is 22.3 Å². The number of aliphatic imine (C=N–C) groups is 2. The van der Waals surface area contributed by atoms with E-state index in [1.54, 1.807) is 0 Å². The molecular weight excluding hydrogens is 801 g/mol. The summed E-state index contributed by atoms with van der Waals surface area (Å²) in [5.41, 5.74) is 14.6. The molecule has 4 aliphatic heterocycles. The Bertz CT molecular complexity index is 2460. The van der Waals surface area contributed by atoms with Gasteiger partial charge in [0.15, 0.2) is 0 Å². The van der Waals surface area contributed by atoms with Crippen molar-refractivity contribution in [1.29, 1.82) is 0 Å². The SMILES string of the molecule is C1=CC2=C(c3ccncc3)c3ccc4[n]3[Bi][n]3c(ccc3=C(c3ccncc3)C3=NC(=C4c4ccncc4)C=C3)=C(c3ccncc3)C1=N2. The Morgan fingerprint density at radius 2 is 0.735 bits per heavy atom. The molecule has 1 radical (unpaired) electrons. The Morgan fingerprint density at radius 1 is 0.367 bits per heavy atom. The van der Waals surface area contributed by atoms with Gasteiger partial charge in [0, 0.05) is 0 Å². The molecule has 0 saturated heterocycles. The van der Waals surface area contributed by atoms with E-state index in [2.05, 4.69) is 122 Å². The Balaban J connectivity index is 1.43. The standard InChI is InChI=1S/C40H24N8.Bi/c1-2-30-38(26-11-19-42-20-12-26)32-5-6-34(47-32)40(28-15-23-44-24-16-28)36-8-7-35(48-36)39(27-13-21-43-22-14-27)33-4-3-31(46-33)37(29(1)45-30)25-9-17-41-18-10-25;/h1-24H;/q-2;+2. The molecule has 9 heteroatoms. The molecule has 10 heterocycles. The van der Waals surface area contributed by atoms with Crippen molar-refractivity contribution < 1.29 is 0 Å². The molecule has 0 saturated carbocycles. The van der Waals surface area contributed by atoms with Gasteiger partial charge in [-0.3, -0.25) is 0 Å². The fourth-order valence-electron chi connectivity index (χ4n) is 6.96. The zero-order chi connectivity index (χ0) is 32.3. The van der Waals surface area contributed by atoms with Gasteiger partial charge < -0.3 is 0 Å². The van der Waals surface area contributed by atoms with Crippen molar-refractivity contribution in [3.05, 3.63) is 202 Å². The van der Waals surface area contributed by atoms with Crippen molar-refractivity contribution in [3.8, 4) is 0 Å². The zero-order valence-electron chi connectivity index (χ0n) is 25.9. The number of hydrogen-bond acceptors (Lipinski definition) is 6. The maximum absolute atomic E-state index is 5.39. The molecule has 6 bridgehead atoms. The zero-order valence-corrected chi connectivity index (χ0v) is 29.4. The number of pyridine rings is 4. The molecule has 0 unspecified atom stereocenters. The number of nitrogens with zero attached hydrogens (tertiary/aromatic N) is 8. The minimum absolute atomic E-state index is 0.926. The Hall–Kier alpha value is -5.92. The predicted molar refractivity (Wildman–Crippen MR) is 192 cm³/mol. The summed E-state index contributed by atoms with van der Waals surface area (Å²) >= 11 is -1.91. The van der Waals surface area contributed by atoms with Gasteiger partial charge in [-0.15, -0.1) is 0 Å². The van der Waals surface area contributed by atoms with Crippen LogP contribution in [-0.4, -0.2) is 60.2 Å². The molecule has 0 spiro atoms. The molecule has 0 fully saturated rings. The van der Waals surface area contributed by atoms with Crippen LogP contribution in [0, 0.1) is 0 Å². The van der Waals surface area contributed by atoms with E-state index in [1.165, 1.54) is 0 Å². The van der Waals surface area contributed by atoms with Crippen molar-refractivity contribution in [2.45, 2.75) is 0 Å². The van der Waals surface area contributed by atoms with Gasteiger partial charge in [0.1, 0.15) is 0 Å². The quantitative estimate of drug-likeness (QED) is 0.240. The van der Waals surface area contributed by atoms with Crippen LogP contribution in [-0.2, 0) is 0 Å². The molecule has 6 aromatic rings. The molecule has 0 atom stereocenters. The van der Waals surface area contributed by atoms with E-state index in [0.29, 0.717) is 0 Å². The van der Waals surface area contributed by atoms with Crippen LogP contribution >= 0.6 is 0 Å². The van der Waals surface area contributed by atoms with Crippen molar-refractivity contribution in [2.75, 3.05) is 0 Å². The first-order chi connectivity index (χ1) is 24.3. The summed E-state index contributed by atoms with van der Waals surface area (Å²) in [7, 11) is 0. The molecule has 8 nitrogen and oxygen atoms in total. The maximum atomic E-state index is 5.39. The van der Waals surface area contributed by atoms with Crippen LogP contribution in [0.4, 0.5) is 0 Å². The first-order valence-corrected chi connectivity index (χ1v) is 19.0. The summed E-state index contributed by atoms with van der Waals surface area (Å²) < 4.78 is 5.18. The number of hydrogen-bond donors (Lipinski definition) is 0. The molecular formula is C40H24BiN8. The van der Waals surface area contributed by atoms with Crippen LogP contribution in [0.5, 0.6) is 0 Å². The summed E-state index contributed by atoms with van der Waals surface area (Å²) in [6, 6.07) is 25.7. The molecule has 0 aromatic carbocycles. The van der Waals surface area contributed by atoms with Crippen LogP contribution in [0.3, 0.4) is 0 Å². The van der Waals surface area contributed by atoms with Gasteiger partial charge in [0.25, 0.3) is 0 Å². The molecule has 229 valence electrons. The number of allylic oxidation sites excluding steroid dienone is 4. The predicted octanol–water partition coefficient (Wildman–Crippen LogP) is 4.77. The normalized spacial score (nSPS) is 15.9. The van der Waals surface area contributed by atoms with Gasteiger partial charge in [-0.2, -0.15) is 0 Å². The summed E-state index contributed by atoms with van der Waals surface area (Å²) in [6.45, 7) is 0. The van der Waals surface area contributed by atoms with Gasteiger partial charge in [-0.05, 0) is 0 Å². The van der Waals surface area contributed by atoms with Crippen molar-refractivity contribution in [2.24, 2.45) is 9.98 Å². The van der Waals surface area contributed by atoms with E-state index in [9.17, 15) is 0 Å². The second-order valence-electron chi connectivity index (χ2n) is 11.8. The Kier molecular flexibility index (Phi) is 6.52. The molecule has 4 aliphatic rings. The second-order valence-corrected chi connectivity index (χ2v) is 15.6. The third-order valence-electron chi connectivity index (χ3n) is 9.09. The third kappa shape index (κ3) is 4.54. The van der Waals surface area contributed by atoms with Crippen molar-refractivity contribution in [1.82, 2.24) is 25.0 Å². The van der Waals surface area contributed by atoms with Gasteiger partial charge in [0.2, 0.25) is 0 Å². The molecule has 10 rings (SSSR count). The molecule has 0 amide bonds. The van der Waals surface area contributed by atoms with Crippen LogP contribution < -0.4 is 10.7 Å². The Labute approximate surface area is 293 Å². The van der Waals surface area contributed by atoms with E-state index in [0.717, 1.165) is 89.4 Å². The average Bonchev–Trinajstić information content (AvgIpc) is 3.98. The summed E-state index contributed by atoms with van der Waals surface area (Å²) in [5, 5.41) is 2.26. The first kappa shape index (κ1) is 28.1. The van der Waals surface area contributed by atoms with Gasteiger partial charge in [0.05, 0.1) is 0 Å². The van der Waals surface area contributed by atoms with Gasteiger partial charge in [-0.25, -0.2) is 0 Å². The van der Waals surface area contributed by atoms with E-state index in [4.69, 9.17) is 9.98 Å². The van der Waals surface area contributed by atoms with E-state index in [1.807, 2.05) is 49.6 Å². The second kappa shape index (κ2) is 11.4. The molecule has 6 aromatic heterocycles. The monoisotopic (exact) mass is 825 g/mol. The van der Waals surface area contributed by atoms with Crippen molar-refractivity contribution >= 4 is 57.5 Å². The average molecular weight is 826 g/mol. The van der Waals surface area contributed by atoms with E-state index < -0.39 is 23.8 Å². The molecule has 0 N–H and O–H groups in total. The first-order valence-electron chi connectivity index (χ1n) is 15.9. The van der Waals surface area contributed by atoms with E-state index >= 15 is 0 Å².